The Labute approximate surface area is 126 Å². The number of nitrogens with two attached hydrogens (primary N) is 1. The molecule has 2 aromatic rings. The molecule has 0 radical (unpaired) electrons. The van der Waals surface area contributed by atoms with Gasteiger partial charge >= 0.3 is 0 Å². The molecule has 1 aliphatic rings. The van der Waals surface area contributed by atoms with Gasteiger partial charge in [0.05, 0.1) is 0 Å². The largest absolute Gasteiger partial charge is 0.330 e. The maximum absolute atomic E-state index is 5.67. The van der Waals surface area contributed by atoms with Crippen LogP contribution in [0.4, 0.5) is 0 Å². The highest BCUT2D eigenvalue weighted by atomic mass is 15.3. The number of aryl methyl sites for hydroxylation is 1. The van der Waals surface area contributed by atoms with Crippen LogP contribution < -0.4 is 5.73 Å². The van der Waals surface area contributed by atoms with E-state index in [1.807, 2.05) is 0 Å². The van der Waals surface area contributed by atoms with E-state index in [0.29, 0.717) is 12.6 Å². The molecule has 21 heavy (non-hydrogen) atoms. The van der Waals surface area contributed by atoms with Crippen molar-refractivity contribution >= 4 is 0 Å². The van der Waals surface area contributed by atoms with Gasteiger partial charge in [0, 0.05) is 11.6 Å². The maximum Gasteiger partial charge on any atom is 0.164 e. The average molecular weight is 284 g/mol. The molecule has 3 rings (SSSR count). The molecule has 1 saturated carbocycles. The second-order valence-corrected chi connectivity index (χ2v) is 5.97. The Balaban J connectivity index is 1.96. The van der Waals surface area contributed by atoms with Crippen LogP contribution >= 0.6 is 0 Å². The van der Waals surface area contributed by atoms with Crippen molar-refractivity contribution in [1.82, 2.24) is 14.8 Å². The Morgan fingerprint density at radius 3 is 2.76 bits per heavy atom. The Morgan fingerprint density at radius 1 is 1.19 bits per heavy atom. The number of rotatable bonds is 4. The molecule has 4 heteroatoms. The summed E-state index contributed by atoms with van der Waals surface area (Å²) < 4.78 is 2.35. The fraction of sp³-hybridized carbons (Fsp3) is 0.529. The first-order valence-corrected chi connectivity index (χ1v) is 8.00. The molecule has 1 aromatic heterocycles. The molecule has 1 aliphatic carbocycles. The van der Waals surface area contributed by atoms with Crippen molar-refractivity contribution in [2.45, 2.75) is 51.5 Å². The van der Waals surface area contributed by atoms with Crippen LogP contribution in [0.2, 0.25) is 0 Å². The van der Waals surface area contributed by atoms with Crippen molar-refractivity contribution in [3.63, 3.8) is 0 Å². The fourth-order valence-corrected chi connectivity index (χ4v) is 3.38. The summed E-state index contributed by atoms with van der Waals surface area (Å²) in [5.41, 5.74) is 8.10. The predicted octanol–water partition coefficient (Wildman–Crippen LogP) is 3.26. The van der Waals surface area contributed by atoms with E-state index in [9.17, 15) is 0 Å². The van der Waals surface area contributed by atoms with E-state index in [1.54, 1.807) is 0 Å². The monoisotopic (exact) mass is 284 g/mol. The van der Waals surface area contributed by atoms with E-state index in [-0.39, 0.29) is 0 Å². The molecule has 0 amide bonds. The van der Waals surface area contributed by atoms with E-state index in [4.69, 9.17) is 5.73 Å². The summed E-state index contributed by atoms with van der Waals surface area (Å²) >= 11 is 0. The zero-order valence-electron chi connectivity index (χ0n) is 12.8. The Kier molecular flexibility index (Phi) is 4.34. The normalized spacial score (nSPS) is 16.3. The Hall–Kier alpha value is -1.68. The molecule has 0 unspecified atom stereocenters. The zero-order valence-corrected chi connectivity index (χ0v) is 12.8. The van der Waals surface area contributed by atoms with E-state index in [0.717, 1.165) is 23.6 Å². The van der Waals surface area contributed by atoms with Crippen molar-refractivity contribution in [3.8, 4) is 11.4 Å². The summed E-state index contributed by atoms with van der Waals surface area (Å²) in [7, 11) is 0. The first-order valence-electron chi connectivity index (χ1n) is 8.00. The minimum absolute atomic E-state index is 0.557. The van der Waals surface area contributed by atoms with E-state index < -0.39 is 0 Å². The molecule has 0 atom stereocenters. The number of aromatic nitrogens is 3. The Bertz CT molecular complexity index is 597. The van der Waals surface area contributed by atoms with Gasteiger partial charge in [-0.2, -0.15) is 0 Å². The lowest BCUT2D eigenvalue weighted by atomic mass is 9.95. The highest BCUT2D eigenvalue weighted by molar-refractivity contribution is 5.56. The molecule has 0 saturated heterocycles. The zero-order chi connectivity index (χ0) is 14.7. The molecular weight excluding hydrogens is 260 g/mol. The topological polar surface area (TPSA) is 56.7 Å². The summed E-state index contributed by atoms with van der Waals surface area (Å²) in [6.07, 6.45) is 7.38. The van der Waals surface area contributed by atoms with Crippen LogP contribution in [0.25, 0.3) is 11.4 Å². The number of nitrogens with zero attached hydrogens (tertiary/aromatic N) is 3. The van der Waals surface area contributed by atoms with Gasteiger partial charge < -0.3 is 10.3 Å². The minimum Gasteiger partial charge on any atom is -0.330 e. The van der Waals surface area contributed by atoms with Crippen LogP contribution in [0.1, 0.15) is 49.5 Å². The van der Waals surface area contributed by atoms with Gasteiger partial charge in [0.15, 0.2) is 5.82 Å². The van der Waals surface area contributed by atoms with E-state index in [2.05, 4.69) is 46.0 Å². The van der Waals surface area contributed by atoms with Crippen LogP contribution in [0.15, 0.2) is 24.3 Å². The van der Waals surface area contributed by atoms with Crippen molar-refractivity contribution in [3.05, 3.63) is 35.7 Å². The second-order valence-electron chi connectivity index (χ2n) is 5.97. The molecule has 0 bridgehead atoms. The third kappa shape index (κ3) is 3.00. The lowest BCUT2D eigenvalue weighted by Gasteiger charge is -2.25. The van der Waals surface area contributed by atoms with Crippen LogP contribution in [-0.4, -0.2) is 21.3 Å². The van der Waals surface area contributed by atoms with Gasteiger partial charge in [0.25, 0.3) is 0 Å². The number of hydrogen-bond acceptors (Lipinski definition) is 3. The molecule has 1 heterocycles. The van der Waals surface area contributed by atoms with E-state index in [1.165, 1.54) is 37.7 Å². The first kappa shape index (κ1) is 14.3. The van der Waals surface area contributed by atoms with Crippen LogP contribution in [0.3, 0.4) is 0 Å². The van der Waals surface area contributed by atoms with Gasteiger partial charge in [-0.05, 0) is 44.4 Å². The summed E-state index contributed by atoms with van der Waals surface area (Å²) in [5, 5.41) is 8.78. The lowest BCUT2D eigenvalue weighted by molar-refractivity contribution is 0.350. The van der Waals surface area contributed by atoms with Gasteiger partial charge in [0.1, 0.15) is 5.82 Å². The van der Waals surface area contributed by atoms with Crippen LogP contribution in [-0.2, 0) is 6.42 Å². The molecule has 1 aromatic carbocycles. The second kappa shape index (κ2) is 6.39. The molecular formula is C17H24N4. The minimum atomic E-state index is 0.557. The Morgan fingerprint density at radius 2 is 2.00 bits per heavy atom. The van der Waals surface area contributed by atoms with Crippen molar-refractivity contribution in [1.29, 1.82) is 0 Å². The highest BCUT2D eigenvalue weighted by Gasteiger charge is 2.21. The standard InChI is InChI=1S/C17H24N4/c1-13-19-20-17(21(13)16-8-3-2-4-9-16)15-7-5-6-14(12-15)10-11-18/h5-7,12,16H,2-4,8-11,18H2,1H3. The lowest BCUT2D eigenvalue weighted by Crippen LogP contribution is -2.15. The van der Waals surface area contributed by atoms with Crippen molar-refractivity contribution < 1.29 is 0 Å². The number of hydrogen-bond donors (Lipinski definition) is 1. The third-order valence-electron chi connectivity index (χ3n) is 4.42. The van der Waals surface area contributed by atoms with Gasteiger partial charge in [-0.1, -0.05) is 37.5 Å². The summed E-state index contributed by atoms with van der Waals surface area (Å²) in [6.45, 7) is 2.74. The van der Waals surface area contributed by atoms with Gasteiger partial charge in [-0.15, -0.1) is 10.2 Å². The van der Waals surface area contributed by atoms with Gasteiger partial charge in [-0.25, -0.2) is 0 Å². The summed E-state index contributed by atoms with van der Waals surface area (Å²) in [5.74, 6) is 2.04. The summed E-state index contributed by atoms with van der Waals surface area (Å²) in [6, 6.07) is 9.11. The highest BCUT2D eigenvalue weighted by Crippen LogP contribution is 2.32. The first-order chi connectivity index (χ1) is 10.3. The smallest absolute Gasteiger partial charge is 0.164 e. The molecule has 0 aliphatic heterocycles. The summed E-state index contributed by atoms with van der Waals surface area (Å²) in [4.78, 5) is 0. The van der Waals surface area contributed by atoms with Gasteiger partial charge in [0.2, 0.25) is 0 Å². The molecule has 0 spiro atoms. The fourth-order valence-electron chi connectivity index (χ4n) is 3.38. The quantitative estimate of drug-likeness (QED) is 0.937. The maximum atomic E-state index is 5.67. The molecule has 4 nitrogen and oxygen atoms in total. The molecule has 1 fully saturated rings. The predicted molar refractivity (Wildman–Crippen MR) is 85.1 cm³/mol. The van der Waals surface area contributed by atoms with Crippen LogP contribution in [0.5, 0.6) is 0 Å². The molecule has 2 N–H and O–H groups in total. The third-order valence-corrected chi connectivity index (χ3v) is 4.42. The average Bonchev–Trinajstić information content (AvgIpc) is 2.90. The van der Waals surface area contributed by atoms with E-state index >= 15 is 0 Å². The van der Waals surface area contributed by atoms with Crippen LogP contribution in [0, 0.1) is 6.92 Å². The number of benzene rings is 1. The SMILES string of the molecule is Cc1nnc(-c2cccc(CCN)c2)n1C1CCCCC1. The van der Waals surface area contributed by atoms with Gasteiger partial charge in [-0.3, -0.25) is 0 Å². The van der Waals surface area contributed by atoms with Crippen molar-refractivity contribution in [2.75, 3.05) is 6.54 Å². The van der Waals surface area contributed by atoms with Crippen molar-refractivity contribution in [2.24, 2.45) is 5.73 Å². The molecule has 112 valence electrons.